The van der Waals surface area contributed by atoms with Crippen molar-refractivity contribution in [2.45, 2.75) is 26.0 Å². The van der Waals surface area contributed by atoms with Crippen LogP contribution in [-0.4, -0.2) is 24.0 Å². The quantitative estimate of drug-likeness (QED) is 0.786. The molecule has 0 fully saturated rings. The maximum atomic E-state index is 13.4. The first-order valence-electron chi connectivity index (χ1n) is 7.43. The maximum Gasteiger partial charge on any atom is 0.263 e. The van der Waals surface area contributed by atoms with Gasteiger partial charge in [-0.25, -0.2) is 8.78 Å². The molecule has 0 saturated carbocycles. The van der Waals surface area contributed by atoms with Crippen LogP contribution in [0.2, 0.25) is 5.02 Å². The Morgan fingerprint density at radius 2 is 1.83 bits per heavy atom. The van der Waals surface area contributed by atoms with Crippen molar-refractivity contribution in [3.8, 4) is 5.75 Å². The Labute approximate surface area is 144 Å². The summed E-state index contributed by atoms with van der Waals surface area (Å²) in [6, 6.07) is 9.91. The van der Waals surface area contributed by atoms with Crippen LogP contribution in [0.4, 0.5) is 8.78 Å². The number of nitrogens with zero attached hydrogens (tertiary/aromatic N) is 1. The number of hydrogen-bond donors (Lipinski definition) is 0. The van der Waals surface area contributed by atoms with Gasteiger partial charge in [0.05, 0.1) is 6.04 Å². The van der Waals surface area contributed by atoms with E-state index in [1.54, 1.807) is 45.2 Å². The minimum atomic E-state index is -0.941. The third-order valence-corrected chi connectivity index (χ3v) is 4.05. The van der Waals surface area contributed by atoms with E-state index in [1.807, 2.05) is 0 Å². The Hall–Kier alpha value is -2.14. The number of carbonyl (C=O) groups excluding carboxylic acids is 1. The molecule has 0 aromatic heterocycles. The highest BCUT2D eigenvalue weighted by molar-refractivity contribution is 6.30. The van der Waals surface area contributed by atoms with E-state index in [0.717, 1.165) is 12.1 Å². The monoisotopic (exact) mass is 353 g/mol. The van der Waals surface area contributed by atoms with Gasteiger partial charge in [0, 0.05) is 12.1 Å². The van der Waals surface area contributed by atoms with Gasteiger partial charge in [-0.3, -0.25) is 4.79 Å². The Morgan fingerprint density at radius 1 is 1.12 bits per heavy atom. The van der Waals surface area contributed by atoms with Gasteiger partial charge in [0.15, 0.2) is 17.7 Å². The number of hydrogen-bond acceptors (Lipinski definition) is 2. The lowest BCUT2D eigenvalue weighted by molar-refractivity contribution is -0.138. The summed E-state index contributed by atoms with van der Waals surface area (Å²) in [5, 5.41) is 0.510. The predicted octanol–water partition coefficient (Wildman–Crippen LogP) is 4.61. The van der Waals surface area contributed by atoms with Crippen molar-refractivity contribution in [2.24, 2.45) is 0 Å². The van der Waals surface area contributed by atoms with Gasteiger partial charge >= 0.3 is 0 Å². The molecule has 6 heteroatoms. The molecule has 0 aliphatic heterocycles. The largest absolute Gasteiger partial charge is 0.481 e. The number of likely N-dealkylation sites (N-methyl/N-ethyl adjacent to an activating group) is 1. The number of halogens is 3. The molecular weight excluding hydrogens is 336 g/mol. The molecule has 2 atom stereocenters. The minimum Gasteiger partial charge on any atom is -0.481 e. The van der Waals surface area contributed by atoms with Crippen molar-refractivity contribution in [1.29, 1.82) is 0 Å². The van der Waals surface area contributed by atoms with Gasteiger partial charge in [0.2, 0.25) is 0 Å². The molecular formula is C18H18ClF2NO2. The second kappa shape index (κ2) is 7.62. The Morgan fingerprint density at radius 3 is 2.46 bits per heavy atom. The van der Waals surface area contributed by atoms with E-state index in [9.17, 15) is 13.6 Å². The van der Waals surface area contributed by atoms with Crippen LogP contribution in [-0.2, 0) is 4.79 Å². The number of benzene rings is 2. The van der Waals surface area contributed by atoms with Gasteiger partial charge in [-0.05, 0) is 49.7 Å². The molecule has 3 nitrogen and oxygen atoms in total. The highest BCUT2D eigenvalue weighted by atomic mass is 35.5. The standard InChI is InChI=1S/C18H18ClF2NO2/c1-11(13-7-8-16(20)17(21)9-13)22(3)18(23)12(2)24-15-6-4-5-14(19)10-15/h4-12H,1-3H3. The van der Waals surface area contributed by atoms with Crippen LogP contribution < -0.4 is 4.74 Å². The van der Waals surface area contributed by atoms with E-state index in [4.69, 9.17) is 16.3 Å². The molecule has 0 spiro atoms. The second-order valence-corrected chi connectivity index (χ2v) is 5.95. The van der Waals surface area contributed by atoms with Gasteiger partial charge < -0.3 is 9.64 Å². The predicted molar refractivity (Wildman–Crippen MR) is 89.1 cm³/mol. The fraction of sp³-hybridized carbons (Fsp3) is 0.278. The summed E-state index contributed by atoms with van der Waals surface area (Å²) in [6.07, 6.45) is -0.749. The smallest absolute Gasteiger partial charge is 0.263 e. The first-order chi connectivity index (χ1) is 11.3. The molecule has 0 aliphatic rings. The molecule has 0 saturated heterocycles. The molecule has 0 bridgehead atoms. The van der Waals surface area contributed by atoms with E-state index in [1.165, 1.54) is 11.0 Å². The maximum absolute atomic E-state index is 13.4. The molecule has 2 aromatic carbocycles. The topological polar surface area (TPSA) is 29.5 Å². The first-order valence-corrected chi connectivity index (χ1v) is 7.81. The molecule has 0 heterocycles. The highest BCUT2D eigenvalue weighted by Gasteiger charge is 2.24. The van der Waals surface area contributed by atoms with Crippen LogP contribution in [0.5, 0.6) is 5.75 Å². The van der Waals surface area contributed by atoms with Gasteiger partial charge in [-0.15, -0.1) is 0 Å². The lowest BCUT2D eigenvalue weighted by atomic mass is 10.1. The minimum absolute atomic E-state index is 0.285. The zero-order valence-corrected chi connectivity index (χ0v) is 14.3. The van der Waals surface area contributed by atoms with Crippen molar-refractivity contribution in [1.82, 2.24) is 4.90 Å². The number of carbonyl (C=O) groups is 1. The fourth-order valence-electron chi connectivity index (χ4n) is 2.27. The van der Waals surface area contributed by atoms with Crippen molar-refractivity contribution in [3.63, 3.8) is 0 Å². The summed E-state index contributed by atoms with van der Waals surface area (Å²) in [6.45, 7) is 3.36. The third-order valence-electron chi connectivity index (χ3n) is 3.81. The van der Waals surface area contributed by atoms with Crippen LogP contribution >= 0.6 is 11.6 Å². The number of amides is 1. The van der Waals surface area contributed by atoms with Gasteiger partial charge in [-0.2, -0.15) is 0 Å². The molecule has 0 aliphatic carbocycles. The SMILES string of the molecule is CC(Oc1cccc(Cl)c1)C(=O)N(C)C(C)c1ccc(F)c(F)c1. The Bertz CT molecular complexity index is 739. The van der Waals surface area contributed by atoms with E-state index in [-0.39, 0.29) is 5.91 Å². The summed E-state index contributed by atoms with van der Waals surface area (Å²) >= 11 is 5.89. The highest BCUT2D eigenvalue weighted by Crippen LogP contribution is 2.23. The third kappa shape index (κ3) is 4.23. The summed E-state index contributed by atoms with van der Waals surface area (Å²) < 4.78 is 32.0. The summed E-state index contributed by atoms with van der Waals surface area (Å²) in [5.74, 6) is -1.66. The van der Waals surface area contributed by atoms with Crippen LogP contribution in [0.3, 0.4) is 0 Å². The molecule has 0 N–H and O–H groups in total. The lowest BCUT2D eigenvalue weighted by Gasteiger charge is -2.28. The molecule has 2 aromatic rings. The molecule has 2 rings (SSSR count). The van der Waals surface area contributed by atoms with Crippen LogP contribution in [0.1, 0.15) is 25.5 Å². The molecule has 24 heavy (non-hydrogen) atoms. The summed E-state index contributed by atoms with van der Waals surface area (Å²) in [5.41, 5.74) is 0.500. The van der Waals surface area contributed by atoms with Crippen LogP contribution in [0, 0.1) is 11.6 Å². The van der Waals surface area contributed by atoms with Gasteiger partial charge in [0.25, 0.3) is 5.91 Å². The van der Waals surface area contributed by atoms with Crippen molar-refractivity contribution < 1.29 is 18.3 Å². The van der Waals surface area contributed by atoms with Gasteiger partial charge in [-0.1, -0.05) is 23.7 Å². The van der Waals surface area contributed by atoms with Gasteiger partial charge in [0.1, 0.15) is 5.75 Å². The summed E-state index contributed by atoms with van der Waals surface area (Å²) in [7, 11) is 1.59. The van der Waals surface area contributed by atoms with Crippen molar-refractivity contribution in [2.75, 3.05) is 7.05 Å². The fourth-order valence-corrected chi connectivity index (χ4v) is 2.45. The first kappa shape index (κ1) is 18.2. The van der Waals surface area contributed by atoms with E-state index < -0.39 is 23.8 Å². The Balaban J connectivity index is 2.08. The second-order valence-electron chi connectivity index (χ2n) is 5.52. The number of ether oxygens (including phenoxy) is 1. The van der Waals surface area contributed by atoms with Crippen molar-refractivity contribution in [3.05, 3.63) is 64.7 Å². The summed E-state index contributed by atoms with van der Waals surface area (Å²) in [4.78, 5) is 13.9. The van der Waals surface area contributed by atoms with E-state index in [0.29, 0.717) is 16.3 Å². The average molecular weight is 354 g/mol. The lowest BCUT2D eigenvalue weighted by Crippen LogP contribution is -2.39. The van der Waals surface area contributed by atoms with E-state index >= 15 is 0 Å². The number of rotatable bonds is 5. The molecule has 0 radical (unpaired) electrons. The molecule has 1 amide bonds. The molecule has 128 valence electrons. The van der Waals surface area contributed by atoms with Crippen LogP contribution in [0.15, 0.2) is 42.5 Å². The Kier molecular flexibility index (Phi) is 5.78. The normalized spacial score (nSPS) is 13.2. The van der Waals surface area contributed by atoms with Crippen molar-refractivity contribution >= 4 is 17.5 Å². The van der Waals surface area contributed by atoms with Crippen LogP contribution in [0.25, 0.3) is 0 Å². The average Bonchev–Trinajstić information content (AvgIpc) is 2.55. The molecule has 2 unspecified atom stereocenters. The zero-order valence-electron chi connectivity index (χ0n) is 13.6. The zero-order chi connectivity index (χ0) is 17.9. The van der Waals surface area contributed by atoms with E-state index in [2.05, 4.69) is 0 Å².